The van der Waals surface area contributed by atoms with Gasteiger partial charge in [-0.15, -0.1) is 0 Å². The predicted octanol–water partition coefficient (Wildman–Crippen LogP) is 4.38. The highest BCUT2D eigenvalue weighted by Gasteiger charge is 2.29. The molecule has 0 aliphatic carbocycles. The van der Waals surface area contributed by atoms with E-state index in [1.807, 2.05) is 67.6 Å². The van der Waals surface area contributed by atoms with Crippen molar-refractivity contribution in [1.82, 2.24) is 10.0 Å². The number of methoxy groups -OCH3 is 1. The van der Waals surface area contributed by atoms with Crippen LogP contribution in [0.25, 0.3) is 0 Å². The minimum absolute atomic E-state index is 0.120. The molecule has 3 aromatic rings. The molecule has 180 valence electrons. The molecule has 0 aliphatic rings. The van der Waals surface area contributed by atoms with E-state index in [1.54, 1.807) is 6.07 Å². The first-order valence-electron chi connectivity index (χ1n) is 11.0. The Balaban J connectivity index is 1.78. The fraction of sp³-hybridized carbons (Fsp3) is 0.269. The van der Waals surface area contributed by atoms with Gasteiger partial charge in [-0.25, -0.2) is 8.42 Å². The van der Waals surface area contributed by atoms with Crippen LogP contribution in [0.2, 0.25) is 5.02 Å². The van der Waals surface area contributed by atoms with Crippen molar-refractivity contribution in [2.75, 3.05) is 7.11 Å². The Morgan fingerprint density at radius 1 is 0.971 bits per heavy atom. The van der Waals surface area contributed by atoms with Gasteiger partial charge in [0.15, 0.2) is 0 Å². The number of carbonyl (C=O) groups excluding carboxylic acids is 1. The SMILES string of the molecule is COc1ccc(Cl)cc1S(=O)(=O)N[C@H](Cc1ccccc1)C(=O)N[C@H](C)CCc1ccccc1. The summed E-state index contributed by atoms with van der Waals surface area (Å²) < 4.78 is 34.2. The van der Waals surface area contributed by atoms with Gasteiger partial charge in [-0.3, -0.25) is 4.79 Å². The van der Waals surface area contributed by atoms with Crippen LogP contribution in [0.5, 0.6) is 5.75 Å². The molecule has 3 rings (SSSR count). The topological polar surface area (TPSA) is 84.5 Å². The van der Waals surface area contributed by atoms with Crippen LogP contribution in [-0.4, -0.2) is 33.5 Å². The van der Waals surface area contributed by atoms with Crippen LogP contribution in [-0.2, 0) is 27.7 Å². The second-order valence-electron chi connectivity index (χ2n) is 8.09. The molecule has 0 spiro atoms. The number of sulfonamides is 1. The van der Waals surface area contributed by atoms with E-state index in [4.69, 9.17) is 16.3 Å². The molecule has 2 atom stereocenters. The van der Waals surface area contributed by atoms with E-state index in [-0.39, 0.29) is 28.1 Å². The average molecular weight is 501 g/mol. The highest BCUT2D eigenvalue weighted by atomic mass is 35.5. The Hall–Kier alpha value is -2.87. The zero-order valence-electron chi connectivity index (χ0n) is 19.2. The number of amides is 1. The molecule has 2 N–H and O–H groups in total. The number of hydrogen-bond acceptors (Lipinski definition) is 4. The van der Waals surface area contributed by atoms with E-state index in [0.717, 1.165) is 18.4 Å². The molecule has 0 aliphatic heterocycles. The molecule has 1 amide bonds. The van der Waals surface area contributed by atoms with Gasteiger partial charge >= 0.3 is 0 Å². The highest BCUT2D eigenvalue weighted by Crippen LogP contribution is 2.27. The Morgan fingerprint density at radius 3 is 2.21 bits per heavy atom. The van der Waals surface area contributed by atoms with Gasteiger partial charge < -0.3 is 10.1 Å². The summed E-state index contributed by atoms with van der Waals surface area (Å²) in [7, 11) is -2.72. The maximum atomic E-state index is 13.2. The highest BCUT2D eigenvalue weighted by molar-refractivity contribution is 7.89. The van der Waals surface area contributed by atoms with Crippen molar-refractivity contribution in [3.8, 4) is 5.75 Å². The number of ether oxygens (including phenoxy) is 1. The number of aryl methyl sites for hydroxylation is 1. The van der Waals surface area contributed by atoms with Crippen LogP contribution >= 0.6 is 11.6 Å². The molecule has 0 saturated carbocycles. The Morgan fingerprint density at radius 2 is 1.59 bits per heavy atom. The third kappa shape index (κ3) is 7.32. The van der Waals surface area contributed by atoms with Crippen molar-refractivity contribution in [2.24, 2.45) is 0 Å². The van der Waals surface area contributed by atoms with Gasteiger partial charge in [-0.2, -0.15) is 4.72 Å². The number of nitrogens with one attached hydrogen (secondary N) is 2. The summed E-state index contributed by atoms with van der Waals surface area (Å²) in [5.41, 5.74) is 2.01. The summed E-state index contributed by atoms with van der Waals surface area (Å²) in [5, 5.41) is 3.21. The molecule has 0 saturated heterocycles. The van der Waals surface area contributed by atoms with E-state index in [0.29, 0.717) is 0 Å². The third-order valence-electron chi connectivity index (χ3n) is 5.41. The number of carbonyl (C=O) groups is 1. The molecule has 0 fully saturated rings. The summed E-state index contributed by atoms with van der Waals surface area (Å²) in [6.45, 7) is 1.91. The lowest BCUT2D eigenvalue weighted by Crippen LogP contribution is -2.50. The second kappa shape index (κ2) is 12.0. The molecule has 0 radical (unpaired) electrons. The lowest BCUT2D eigenvalue weighted by molar-refractivity contribution is -0.123. The number of hydrogen-bond donors (Lipinski definition) is 2. The van der Waals surface area contributed by atoms with Crippen LogP contribution < -0.4 is 14.8 Å². The smallest absolute Gasteiger partial charge is 0.245 e. The molecule has 6 nitrogen and oxygen atoms in total. The van der Waals surface area contributed by atoms with Crippen LogP contribution in [0.4, 0.5) is 0 Å². The number of rotatable bonds is 11. The zero-order chi connectivity index (χ0) is 24.6. The number of halogens is 1. The zero-order valence-corrected chi connectivity index (χ0v) is 20.8. The standard InChI is InChI=1S/C26H29ClN2O4S/c1-19(13-14-20-9-5-3-6-10-20)28-26(30)23(17-21-11-7-4-8-12-21)29-34(31,32)25-18-22(27)15-16-24(25)33-2/h3-12,15-16,18-19,23,29H,13-14,17H2,1-2H3,(H,28,30)/t19-,23-/m1/s1. The minimum Gasteiger partial charge on any atom is -0.495 e. The maximum absolute atomic E-state index is 13.2. The molecular formula is C26H29ClN2O4S. The van der Waals surface area contributed by atoms with E-state index in [9.17, 15) is 13.2 Å². The van der Waals surface area contributed by atoms with Crippen LogP contribution in [0.1, 0.15) is 24.5 Å². The van der Waals surface area contributed by atoms with Gasteiger partial charge in [-0.05, 0) is 55.5 Å². The first kappa shape index (κ1) is 25.7. The molecular weight excluding hydrogens is 472 g/mol. The van der Waals surface area contributed by atoms with E-state index < -0.39 is 22.0 Å². The van der Waals surface area contributed by atoms with Crippen molar-refractivity contribution in [3.05, 3.63) is 95.0 Å². The van der Waals surface area contributed by atoms with Gasteiger partial charge in [0, 0.05) is 11.1 Å². The minimum atomic E-state index is -4.10. The van der Waals surface area contributed by atoms with E-state index in [1.165, 1.54) is 24.8 Å². The van der Waals surface area contributed by atoms with Gasteiger partial charge in [0.25, 0.3) is 0 Å². The average Bonchev–Trinajstić information content (AvgIpc) is 2.83. The molecule has 0 heterocycles. The van der Waals surface area contributed by atoms with Crippen molar-refractivity contribution in [3.63, 3.8) is 0 Å². The predicted molar refractivity (Wildman–Crippen MR) is 135 cm³/mol. The second-order valence-corrected chi connectivity index (χ2v) is 10.2. The fourth-order valence-electron chi connectivity index (χ4n) is 3.59. The summed E-state index contributed by atoms with van der Waals surface area (Å²) in [5.74, 6) is -0.249. The quantitative estimate of drug-likeness (QED) is 0.409. The summed E-state index contributed by atoms with van der Waals surface area (Å²) >= 11 is 6.04. The van der Waals surface area contributed by atoms with E-state index in [2.05, 4.69) is 10.0 Å². The van der Waals surface area contributed by atoms with Gasteiger partial charge in [0.2, 0.25) is 15.9 Å². The monoisotopic (exact) mass is 500 g/mol. The van der Waals surface area contributed by atoms with Crippen molar-refractivity contribution in [2.45, 2.75) is 43.2 Å². The largest absolute Gasteiger partial charge is 0.495 e. The van der Waals surface area contributed by atoms with Gasteiger partial charge in [0.05, 0.1) is 7.11 Å². The molecule has 0 unspecified atom stereocenters. The van der Waals surface area contributed by atoms with Crippen LogP contribution in [0.3, 0.4) is 0 Å². The third-order valence-corrected chi connectivity index (χ3v) is 7.14. The Bertz CT molecular complexity index is 1190. The van der Waals surface area contributed by atoms with Crippen molar-refractivity contribution < 1.29 is 17.9 Å². The summed E-state index contributed by atoms with van der Waals surface area (Å²) in [4.78, 5) is 13.1. The fourth-order valence-corrected chi connectivity index (χ4v) is 5.22. The molecule has 0 aromatic heterocycles. The first-order valence-corrected chi connectivity index (χ1v) is 12.9. The summed E-state index contributed by atoms with van der Waals surface area (Å²) in [6.07, 6.45) is 1.72. The lowest BCUT2D eigenvalue weighted by atomic mass is 10.0. The molecule has 0 bridgehead atoms. The molecule has 8 heteroatoms. The maximum Gasteiger partial charge on any atom is 0.245 e. The Kier molecular flexibility index (Phi) is 9.10. The number of benzene rings is 3. The van der Waals surface area contributed by atoms with Crippen LogP contribution in [0.15, 0.2) is 83.8 Å². The lowest BCUT2D eigenvalue weighted by Gasteiger charge is -2.22. The normalized spacial score (nSPS) is 13.1. The van der Waals surface area contributed by atoms with Gasteiger partial charge in [-0.1, -0.05) is 72.3 Å². The molecule has 3 aromatic carbocycles. The Labute approximate surface area is 206 Å². The van der Waals surface area contributed by atoms with Crippen molar-refractivity contribution >= 4 is 27.5 Å². The van der Waals surface area contributed by atoms with E-state index >= 15 is 0 Å². The molecule has 34 heavy (non-hydrogen) atoms. The first-order chi connectivity index (χ1) is 16.3. The van der Waals surface area contributed by atoms with Gasteiger partial charge in [0.1, 0.15) is 16.7 Å². The van der Waals surface area contributed by atoms with Crippen LogP contribution in [0, 0.1) is 0 Å². The summed E-state index contributed by atoms with van der Waals surface area (Å²) in [6, 6.07) is 22.4. The van der Waals surface area contributed by atoms with Crippen molar-refractivity contribution in [1.29, 1.82) is 0 Å².